The van der Waals surface area contributed by atoms with E-state index < -0.39 is 0 Å². The first-order valence-corrected chi connectivity index (χ1v) is 4.83. The summed E-state index contributed by atoms with van der Waals surface area (Å²) in [6.07, 6.45) is 4.15. The van der Waals surface area contributed by atoms with Crippen LogP contribution in [0.2, 0.25) is 0 Å². The third kappa shape index (κ3) is 1.03. The van der Waals surface area contributed by atoms with Crippen molar-refractivity contribution in [3.05, 3.63) is 22.4 Å². The predicted molar refractivity (Wildman–Crippen MR) is 51.4 cm³/mol. The summed E-state index contributed by atoms with van der Waals surface area (Å²) in [5, 5.41) is 17.9. The highest BCUT2D eigenvalue weighted by Crippen LogP contribution is 2.43. The third-order valence-corrected chi connectivity index (χ3v) is 3.07. The second kappa shape index (κ2) is 3.20. The Labute approximate surface area is 83.1 Å². The Kier molecular flexibility index (Phi) is 2.02. The summed E-state index contributed by atoms with van der Waals surface area (Å²) >= 11 is 0. The average molecular weight is 185 g/mol. The van der Waals surface area contributed by atoms with E-state index in [0.717, 1.165) is 31.3 Å². The molecular weight excluding hydrogens is 174 g/mol. The Hall–Kier alpha value is -1.74. The van der Waals surface area contributed by atoms with Crippen molar-refractivity contribution in [3.63, 3.8) is 0 Å². The monoisotopic (exact) mass is 185 g/mol. The highest BCUT2D eigenvalue weighted by Gasteiger charge is 2.34. The highest BCUT2D eigenvalue weighted by atomic mass is 14.6. The molecule has 0 aliphatic heterocycles. The molecular formula is C11H11N3. The lowest BCUT2D eigenvalue weighted by molar-refractivity contribution is 0.514. The summed E-state index contributed by atoms with van der Waals surface area (Å²) in [5.41, 5.74) is 8.51. The maximum atomic E-state index is 8.96. The van der Waals surface area contributed by atoms with Gasteiger partial charge >= 0.3 is 0 Å². The fourth-order valence-electron chi connectivity index (χ4n) is 2.40. The second-order valence-electron chi connectivity index (χ2n) is 3.75. The van der Waals surface area contributed by atoms with Crippen molar-refractivity contribution < 1.29 is 0 Å². The van der Waals surface area contributed by atoms with Gasteiger partial charge in [-0.25, -0.2) is 0 Å². The number of hydrogen-bond acceptors (Lipinski definition) is 3. The van der Waals surface area contributed by atoms with Gasteiger partial charge in [0.25, 0.3) is 0 Å². The molecule has 3 nitrogen and oxygen atoms in total. The molecule has 1 unspecified atom stereocenters. The van der Waals surface area contributed by atoms with Crippen LogP contribution in [-0.2, 0) is 0 Å². The van der Waals surface area contributed by atoms with Crippen LogP contribution in [0.15, 0.2) is 22.4 Å². The molecule has 0 spiro atoms. The number of nitriles is 2. The molecule has 0 amide bonds. The molecule has 70 valence electrons. The summed E-state index contributed by atoms with van der Waals surface area (Å²) < 4.78 is 0. The van der Waals surface area contributed by atoms with Gasteiger partial charge in [-0.05, 0) is 24.8 Å². The Bertz CT molecular complexity index is 415. The van der Waals surface area contributed by atoms with E-state index in [1.165, 1.54) is 0 Å². The van der Waals surface area contributed by atoms with Crippen molar-refractivity contribution in [3.8, 4) is 12.1 Å². The van der Waals surface area contributed by atoms with Crippen molar-refractivity contribution in [2.24, 2.45) is 11.7 Å². The van der Waals surface area contributed by atoms with Crippen LogP contribution < -0.4 is 5.73 Å². The van der Waals surface area contributed by atoms with Gasteiger partial charge in [-0.2, -0.15) is 10.5 Å². The predicted octanol–water partition coefficient (Wildman–Crippen LogP) is 1.75. The number of fused-ring (bicyclic) bond motifs is 1. The Morgan fingerprint density at radius 3 is 2.64 bits per heavy atom. The topological polar surface area (TPSA) is 73.6 Å². The fraction of sp³-hybridized carbons (Fsp3) is 0.455. The average Bonchev–Trinajstić information content (AvgIpc) is 2.49. The van der Waals surface area contributed by atoms with Gasteiger partial charge in [-0.3, -0.25) is 0 Å². The molecule has 0 heterocycles. The summed E-state index contributed by atoms with van der Waals surface area (Å²) in [4.78, 5) is 0. The van der Waals surface area contributed by atoms with Gasteiger partial charge in [0.2, 0.25) is 0 Å². The zero-order valence-electron chi connectivity index (χ0n) is 7.88. The first-order valence-electron chi connectivity index (χ1n) is 4.83. The minimum Gasteiger partial charge on any atom is -0.397 e. The van der Waals surface area contributed by atoms with Gasteiger partial charge in [-0.1, -0.05) is 6.42 Å². The van der Waals surface area contributed by atoms with Crippen molar-refractivity contribution in [2.45, 2.75) is 25.7 Å². The molecule has 0 saturated heterocycles. The highest BCUT2D eigenvalue weighted by molar-refractivity contribution is 5.59. The lowest BCUT2D eigenvalue weighted by atomic mass is 9.82. The van der Waals surface area contributed by atoms with E-state index in [1.54, 1.807) is 0 Å². The molecule has 2 aliphatic rings. The molecule has 3 heteroatoms. The summed E-state index contributed by atoms with van der Waals surface area (Å²) in [7, 11) is 0. The zero-order chi connectivity index (χ0) is 10.1. The van der Waals surface area contributed by atoms with Gasteiger partial charge in [-0.15, -0.1) is 0 Å². The summed E-state index contributed by atoms with van der Waals surface area (Å²) in [6, 6.07) is 4.26. The number of allylic oxidation sites excluding steroid dienone is 3. The van der Waals surface area contributed by atoms with Crippen molar-refractivity contribution >= 4 is 0 Å². The quantitative estimate of drug-likeness (QED) is 0.624. The van der Waals surface area contributed by atoms with E-state index >= 15 is 0 Å². The SMILES string of the molecule is N#CC1=C2CCCCC2C(C#N)=C1N. The largest absolute Gasteiger partial charge is 0.397 e. The maximum Gasteiger partial charge on any atom is 0.101 e. The van der Waals surface area contributed by atoms with Crippen molar-refractivity contribution in [1.82, 2.24) is 0 Å². The molecule has 2 N–H and O–H groups in total. The smallest absolute Gasteiger partial charge is 0.101 e. The number of rotatable bonds is 0. The van der Waals surface area contributed by atoms with Crippen molar-refractivity contribution in [2.75, 3.05) is 0 Å². The van der Waals surface area contributed by atoms with Crippen LogP contribution in [0.5, 0.6) is 0 Å². The zero-order valence-corrected chi connectivity index (χ0v) is 7.88. The third-order valence-electron chi connectivity index (χ3n) is 3.07. The van der Waals surface area contributed by atoms with Crippen LogP contribution >= 0.6 is 0 Å². The lowest BCUT2D eigenvalue weighted by Gasteiger charge is -2.20. The van der Waals surface area contributed by atoms with Crippen molar-refractivity contribution in [1.29, 1.82) is 10.5 Å². The van der Waals surface area contributed by atoms with Crippen LogP contribution in [0.1, 0.15) is 25.7 Å². The van der Waals surface area contributed by atoms with Gasteiger partial charge in [0.1, 0.15) is 6.07 Å². The molecule has 0 radical (unpaired) electrons. The Morgan fingerprint density at radius 1 is 1.21 bits per heavy atom. The van der Waals surface area contributed by atoms with E-state index in [2.05, 4.69) is 12.1 Å². The van der Waals surface area contributed by atoms with E-state index in [0.29, 0.717) is 16.8 Å². The van der Waals surface area contributed by atoms with Crippen LogP contribution in [0.3, 0.4) is 0 Å². The lowest BCUT2D eigenvalue weighted by Crippen LogP contribution is -2.09. The Morgan fingerprint density at radius 2 is 2.00 bits per heavy atom. The first-order chi connectivity index (χ1) is 6.79. The van der Waals surface area contributed by atoms with E-state index in [9.17, 15) is 0 Å². The molecule has 1 saturated carbocycles. The van der Waals surface area contributed by atoms with Crippen LogP contribution in [0, 0.1) is 28.6 Å². The standard InChI is InChI=1S/C11H11N3/c12-5-9-7-3-1-2-4-8(7)10(6-13)11(9)14/h7H,1-4,14H2. The fourth-order valence-corrected chi connectivity index (χ4v) is 2.40. The molecule has 0 aromatic heterocycles. The van der Waals surface area contributed by atoms with Gasteiger partial charge in [0, 0.05) is 5.92 Å². The first kappa shape index (κ1) is 8.84. The van der Waals surface area contributed by atoms with Crippen LogP contribution in [0.4, 0.5) is 0 Å². The molecule has 2 aliphatic carbocycles. The molecule has 1 fully saturated rings. The number of hydrogen-bond donors (Lipinski definition) is 1. The van der Waals surface area contributed by atoms with Gasteiger partial charge in [0.15, 0.2) is 0 Å². The minimum atomic E-state index is 0.156. The Balaban J connectivity index is 2.50. The molecule has 2 rings (SSSR count). The van der Waals surface area contributed by atoms with Crippen LogP contribution in [-0.4, -0.2) is 0 Å². The second-order valence-corrected chi connectivity index (χ2v) is 3.75. The normalized spacial score (nSPS) is 25.7. The number of nitrogens with two attached hydrogens (primary N) is 1. The van der Waals surface area contributed by atoms with E-state index in [4.69, 9.17) is 16.3 Å². The molecule has 0 bridgehead atoms. The van der Waals surface area contributed by atoms with Gasteiger partial charge in [0.05, 0.1) is 22.9 Å². The summed E-state index contributed by atoms with van der Waals surface area (Å²) in [5.74, 6) is 0.156. The van der Waals surface area contributed by atoms with E-state index in [-0.39, 0.29) is 5.92 Å². The molecule has 0 aromatic rings. The summed E-state index contributed by atoms with van der Waals surface area (Å²) in [6.45, 7) is 0. The maximum absolute atomic E-state index is 8.96. The molecule has 14 heavy (non-hydrogen) atoms. The molecule has 0 aromatic carbocycles. The minimum absolute atomic E-state index is 0.156. The van der Waals surface area contributed by atoms with Gasteiger partial charge < -0.3 is 5.73 Å². The van der Waals surface area contributed by atoms with E-state index in [1.807, 2.05) is 0 Å². The molecule has 1 atom stereocenters. The number of nitrogens with zero attached hydrogens (tertiary/aromatic N) is 2. The van der Waals surface area contributed by atoms with Crippen LogP contribution in [0.25, 0.3) is 0 Å².